The van der Waals surface area contributed by atoms with Crippen LogP contribution < -0.4 is 5.32 Å². The lowest BCUT2D eigenvalue weighted by Crippen LogP contribution is -2.47. The molecule has 2 rings (SSSR count). The predicted molar refractivity (Wildman–Crippen MR) is 70.4 cm³/mol. The van der Waals surface area contributed by atoms with Crippen LogP contribution in [0.25, 0.3) is 0 Å². The van der Waals surface area contributed by atoms with Crippen molar-refractivity contribution < 1.29 is 9.53 Å². The fraction of sp³-hybridized carbons (Fsp3) is 0.500. The third-order valence-electron chi connectivity index (χ3n) is 3.07. The monoisotopic (exact) mass is 247 g/mol. The van der Waals surface area contributed by atoms with E-state index in [0.717, 1.165) is 12.1 Å². The molecule has 1 saturated heterocycles. The highest BCUT2D eigenvalue weighted by Gasteiger charge is 2.24. The first-order valence-electron chi connectivity index (χ1n) is 6.41. The number of nitrogens with one attached hydrogen (secondary N) is 1. The first-order chi connectivity index (χ1) is 8.81. The van der Waals surface area contributed by atoms with Crippen molar-refractivity contribution in [3.05, 3.63) is 30.3 Å². The van der Waals surface area contributed by atoms with Gasteiger partial charge in [-0.05, 0) is 12.5 Å². The summed E-state index contributed by atoms with van der Waals surface area (Å²) >= 11 is 0. The fourth-order valence-electron chi connectivity index (χ4n) is 2.01. The van der Waals surface area contributed by atoms with Crippen molar-refractivity contribution in [2.24, 2.45) is 0 Å². The van der Waals surface area contributed by atoms with Gasteiger partial charge in [-0.2, -0.15) is 0 Å². The quantitative estimate of drug-likeness (QED) is 0.877. The van der Waals surface area contributed by atoms with E-state index in [-0.39, 0.29) is 11.9 Å². The smallest absolute Gasteiger partial charge is 0.245 e. The number of anilines is 1. The van der Waals surface area contributed by atoms with Gasteiger partial charge < -0.3 is 15.0 Å². The SMILES string of the molecule is CCC(Nc1[c]cccc1)C(=O)N1CCOCC1. The number of nitrogens with zero attached hydrogens (tertiary/aromatic N) is 1. The number of amides is 1. The highest BCUT2D eigenvalue weighted by atomic mass is 16.5. The minimum absolute atomic E-state index is 0.151. The molecule has 1 amide bonds. The summed E-state index contributed by atoms with van der Waals surface area (Å²) in [7, 11) is 0. The summed E-state index contributed by atoms with van der Waals surface area (Å²) in [6.45, 7) is 4.67. The van der Waals surface area contributed by atoms with Gasteiger partial charge >= 0.3 is 0 Å². The van der Waals surface area contributed by atoms with E-state index in [0.29, 0.717) is 26.3 Å². The maximum atomic E-state index is 12.3. The van der Waals surface area contributed by atoms with Crippen LogP contribution in [0.1, 0.15) is 13.3 Å². The van der Waals surface area contributed by atoms with Crippen molar-refractivity contribution in [3.63, 3.8) is 0 Å². The van der Waals surface area contributed by atoms with E-state index in [9.17, 15) is 4.79 Å². The first kappa shape index (κ1) is 12.9. The molecule has 0 aliphatic carbocycles. The summed E-state index contributed by atoms with van der Waals surface area (Å²) in [5.41, 5.74) is 0.867. The molecular formula is C14H19N2O2. The Morgan fingerprint density at radius 2 is 2.28 bits per heavy atom. The van der Waals surface area contributed by atoms with Gasteiger partial charge in [-0.15, -0.1) is 0 Å². The third-order valence-corrected chi connectivity index (χ3v) is 3.07. The van der Waals surface area contributed by atoms with E-state index in [4.69, 9.17) is 4.74 Å². The van der Waals surface area contributed by atoms with Gasteiger partial charge in [0, 0.05) is 24.8 Å². The number of benzene rings is 1. The molecule has 1 radical (unpaired) electrons. The predicted octanol–water partition coefficient (Wildman–Crippen LogP) is 1.54. The van der Waals surface area contributed by atoms with Crippen LogP contribution in [-0.4, -0.2) is 43.2 Å². The minimum Gasteiger partial charge on any atom is -0.378 e. The molecule has 4 nitrogen and oxygen atoms in total. The number of carbonyl (C=O) groups is 1. The van der Waals surface area contributed by atoms with Crippen molar-refractivity contribution >= 4 is 11.6 Å². The molecule has 1 aliphatic rings. The molecule has 0 spiro atoms. The lowest BCUT2D eigenvalue weighted by atomic mass is 10.1. The van der Waals surface area contributed by atoms with Crippen LogP contribution in [0.3, 0.4) is 0 Å². The van der Waals surface area contributed by atoms with E-state index in [1.807, 2.05) is 36.1 Å². The highest BCUT2D eigenvalue weighted by molar-refractivity contribution is 5.84. The average molecular weight is 247 g/mol. The van der Waals surface area contributed by atoms with Crippen molar-refractivity contribution in [1.82, 2.24) is 4.90 Å². The van der Waals surface area contributed by atoms with Gasteiger partial charge in [0.1, 0.15) is 6.04 Å². The zero-order chi connectivity index (χ0) is 12.8. The van der Waals surface area contributed by atoms with Crippen LogP contribution in [0, 0.1) is 6.07 Å². The largest absolute Gasteiger partial charge is 0.378 e. The molecule has 1 N–H and O–H groups in total. The third kappa shape index (κ3) is 3.23. The molecule has 1 aliphatic heterocycles. The van der Waals surface area contributed by atoms with Crippen LogP contribution >= 0.6 is 0 Å². The molecule has 1 unspecified atom stereocenters. The molecule has 1 atom stereocenters. The average Bonchev–Trinajstić information content (AvgIpc) is 2.46. The zero-order valence-electron chi connectivity index (χ0n) is 10.7. The summed E-state index contributed by atoms with van der Waals surface area (Å²) in [6, 6.07) is 10.5. The molecule has 0 aromatic heterocycles. The lowest BCUT2D eigenvalue weighted by Gasteiger charge is -2.30. The number of para-hydroxylation sites is 1. The summed E-state index contributed by atoms with van der Waals surface area (Å²) in [5.74, 6) is 0.151. The summed E-state index contributed by atoms with van der Waals surface area (Å²) in [4.78, 5) is 14.2. The van der Waals surface area contributed by atoms with Crippen LogP contribution in [0.15, 0.2) is 24.3 Å². The van der Waals surface area contributed by atoms with E-state index in [1.165, 1.54) is 0 Å². The number of hydrogen-bond acceptors (Lipinski definition) is 3. The van der Waals surface area contributed by atoms with E-state index in [1.54, 1.807) is 0 Å². The topological polar surface area (TPSA) is 41.6 Å². The molecule has 1 fully saturated rings. The number of rotatable bonds is 4. The number of morpholine rings is 1. The van der Waals surface area contributed by atoms with Gasteiger partial charge in [-0.3, -0.25) is 4.79 Å². The summed E-state index contributed by atoms with van der Waals surface area (Å²) < 4.78 is 5.26. The summed E-state index contributed by atoms with van der Waals surface area (Å²) in [5, 5.41) is 3.24. The van der Waals surface area contributed by atoms with E-state index < -0.39 is 0 Å². The Kier molecular flexibility index (Phi) is 4.59. The molecular weight excluding hydrogens is 228 g/mol. The van der Waals surface area contributed by atoms with Crippen molar-refractivity contribution in [3.8, 4) is 0 Å². The normalized spacial score (nSPS) is 17.3. The van der Waals surface area contributed by atoms with Crippen molar-refractivity contribution in [2.45, 2.75) is 19.4 Å². The second kappa shape index (κ2) is 6.40. The standard InChI is InChI=1S/C14H19N2O2/c1-2-13(15-12-6-4-3-5-7-12)14(17)16-8-10-18-11-9-16/h3-6,13,15H,2,8-11H2,1H3. The Morgan fingerprint density at radius 1 is 1.50 bits per heavy atom. The zero-order valence-corrected chi connectivity index (χ0v) is 10.7. The van der Waals surface area contributed by atoms with Gasteiger partial charge in [0.15, 0.2) is 0 Å². The molecule has 4 heteroatoms. The Hall–Kier alpha value is -1.55. The van der Waals surface area contributed by atoms with Crippen LogP contribution in [0.5, 0.6) is 0 Å². The Bertz CT molecular complexity index is 375. The molecule has 0 bridgehead atoms. The fourth-order valence-corrected chi connectivity index (χ4v) is 2.01. The van der Waals surface area contributed by atoms with Gasteiger partial charge in [0.25, 0.3) is 0 Å². The van der Waals surface area contributed by atoms with Crippen LogP contribution in [0.4, 0.5) is 5.69 Å². The molecule has 97 valence electrons. The number of hydrogen-bond donors (Lipinski definition) is 1. The first-order valence-corrected chi connectivity index (χ1v) is 6.41. The summed E-state index contributed by atoms with van der Waals surface area (Å²) in [6.07, 6.45) is 0.763. The van der Waals surface area contributed by atoms with Crippen molar-refractivity contribution in [2.75, 3.05) is 31.6 Å². The molecule has 1 aromatic rings. The van der Waals surface area contributed by atoms with Gasteiger partial charge in [-0.1, -0.05) is 25.1 Å². The van der Waals surface area contributed by atoms with E-state index >= 15 is 0 Å². The Balaban J connectivity index is 1.97. The number of carbonyl (C=O) groups excluding carboxylic acids is 1. The van der Waals surface area contributed by atoms with Crippen LogP contribution in [0.2, 0.25) is 0 Å². The second-order valence-corrected chi connectivity index (χ2v) is 4.32. The van der Waals surface area contributed by atoms with Gasteiger partial charge in [-0.25, -0.2) is 0 Å². The lowest BCUT2D eigenvalue weighted by molar-refractivity contribution is -0.136. The molecule has 18 heavy (non-hydrogen) atoms. The van der Waals surface area contributed by atoms with E-state index in [2.05, 4.69) is 11.4 Å². The Labute approximate surface area is 108 Å². The number of ether oxygens (including phenoxy) is 1. The Morgan fingerprint density at radius 3 is 2.89 bits per heavy atom. The minimum atomic E-state index is -0.179. The molecule has 0 saturated carbocycles. The highest BCUT2D eigenvalue weighted by Crippen LogP contribution is 2.11. The molecule has 1 heterocycles. The maximum Gasteiger partial charge on any atom is 0.245 e. The van der Waals surface area contributed by atoms with Crippen LogP contribution in [-0.2, 0) is 9.53 Å². The van der Waals surface area contributed by atoms with Gasteiger partial charge in [0.05, 0.1) is 13.2 Å². The van der Waals surface area contributed by atoms with Crippen molar-refractivity contribution in [1.29, 1.82) is 0 Å². The van der Waals surface area contributed by atoms with Gasteiger partial charge in [0.2, 0.25) is 5.91 Å². The molecule has 1 aromatic carbocycles. The second-order valence-electron chi connectivity index (χ2n) is 4.32. The maximum absolute atomic E-state index is 12.3.